The topological polar surface area (TPSA) is 46.8 Å². The molecule has 1 fully saturated rings. The number of likely N-dealkylation sites (tertiary alicyclic amines) is 1. The summed E-state index contributed by atoms with van der Waals surface area (Å²) in [6, 6.07) is 20.1. The van der Waals surface area contributed by atoms with E-state index in [1.165, 1.54) is 11.1 Å². The van der Waals surface area contributed by atoms with Crippen molar-refractivity contribution in [2.24, 2.45) is 0 Å². The first kappa shape index (κ1) is 22.5. The molecular weight excluding hydrogens is 442 g/mol. The molecular formula is C28H29N3O2S. The zero-order valence-electron chi connectivity index (χ0n) is 19.6. The van der Waals surface area contributed by atoms with Gasteiger partial charge in [-0.2, -0.15) is 0 Å². The second-order valence-electron chi connectivity index (χ2n) is 8.84. The van der Waals surface area contributed by atoms with Crippen molar-refractivity contribution in [1.82, 2.24) is 14.3 Å². The normalized spacial score (nSPS) is 14.5. The van der Waals surface area contributed by atoms with Gasteiger partial charge < -0.3 is 14.0 Å². The summed E-state index contributed by atoms with van der Waals surface area (Å²) < 4.78 is 8.24. The highest BCUT2D eigenvalue weighted by Gasteiger charge is 2.26. The summed E-state index contributed by atoms with van der Waals surface area (Å²) in [6.07, 6.45) is 5.88. The number of ether oxygens (including phenoxy) is 1. The quantitative estimate of drug-likeness (QED) is 0.327. The predicted molar refractivity (Wildman–Crippen MR) is 137 cm³/mol. The van der Waals surface area contributed by atoms with Crippen molar-refractivity contribution in [3.8, 4) is 5.75 Å². The van der Waals surface area contributed by atoms with Gasteiger partial charge in [0.05, 0.1) is 11.3 Å². The van der Waals surface area contributed by atoms with E-state index < -0.39 is 0 Å². The summed E-state index contributed by atoms with van der Waals surface area (Å²) in [5.41, 5.74) is 5.22. The zero-order valence-corrected chi connectivity index (χ0v) is 20.4. The summed E-state index contributed by atoms with van der Waals surface area (Å²) >= 11 is 1.66. The number of hydrogen-bond acceptors (Lipinski definition) is 4. The molecule has 174 valence electrons. The van der Waals surface area contributed by atoms with Crippen molar-refractivity contribution in [2.45, 2.75) is 43.4 Å². The van der Waals surface area contributed by atoms with Crippen LogP contribution in [-0.2, 0) is 5.75 Å². The van der Waals surface area contributed by atoms with Crippen molar-refractivity contribution in [3.63, 3.8) is 0 Å². The maximum absolute atomic E-state index is 13.4. The Morgan fingerprint density at radius 1 is 1.03 bits per heavy atom. The molecule has 34 heavy (non-hydrogen) atoms. The van der Waals surface area contributed by atoms with E-state index >= 15 is 0 Å². The van der Waals surface area contributed by atoms with Crippen LogP contribution in [0.25, 0.3) is 5.65 Å². The van der Waals surface area contributed by atoms with E-state index in [2.05, 4.69) is 31.0 Å². The second kappa shape index (κ2) is 9.94. The smallest absolute Gasteiger partial charge is 0.254 e. The number of carbonyl (C=O) groups excluding carboxylic acids is 1. The van der Waals surface area contributed by atoms with E-state index in [0.29, 0.717) is 13.1 Å². The van der Waals surface area contributed by atoms with E-state index in [1.54, 1.807) is 11.8 Å². The van der Waals surface area contributed by atoms with Gasteiger partial charge in [-0.15, -0.1) is 11.8 Å². The van der Waals surface area contributed by atoms with Gasteiger partial charge in [0.1, 0.15) is 17.5 Å². The first-order valence-electron chi connectivity index (χ1n) is 11.7. The van der Waals surface area contributed by atoms with Gasteiger partial charge in [-0.25, -0.2) is 4.98 Å². The maximum atomic E-state index is 13.4. The molecule has 1 saturated heterocycles. The van der Waals surface area contributed by atoms with E-state index in [9.17, 15) is 4.79 Å². The standard InChI is InChI=1S/C28H29N3O2S/c1-20-10-11-24(17-21(20)2)33-23-12-15-30(16-13-23)28(32)25-7-3-4-8-26(25)34-19-22-18-31-14-6-5-9-27(31)29-22/h3-11,14,17-18,23H,12-13,15-16,19H2,1-2H3. The van der Waals surface area contributed by atoms with E-state index in [4.69, 9.17) is 4.74 Å². The summed E-state index contributed by atoms with van der Waals surface area (Å²) in [6.45, 7) is 5.63. The lowest BCUT2D eigenvalue weighted by Crippen LogP contribution is -2.42. The van der Waals surface area contributed by atoms with E-state index in [-0.39, 0.29) is 12.0 Å². The molecule has 1 aliphatic rings. The molecule has 0 atom stereocenters. The number of fused-ring (bicyclic) bond motifs is 1. The van der Waals surface area contributed by atoms with Crippen molar-refractivity contribution < 1.29 is 9.53 Å². The molecule has 0 bridgehead atoms. The Morgan fingerprint density at radius 2 is 1.82 bits per heavy atom. The lowest BCUT2D eigenvalue weighted by atomic mass is 10.1. The van der Waals surface area contributed by atoms with Crippen molar-refractivity contribution in [1.29, 1.82) is 0 Å². The molecule has 2 aromatic heterocycles. The fourth-order valence-corrected chi connectivity index (χ4v) is 5.23. The second-order valence-corrected chi connectivity index (χ2v) is 9.86. The number of hydrogen-bond donors (Lipinski definition) is 0. The minimum Gasteiger partial charge on any atom is -0.490 e. The van der Waals surface area contributed by atoms with Gasteiger partial charge in [0, 0.05) is 49.0 Å². The number of carbonyl (C=O) groups is 1. The van der Waals surface area contributed by atoms with Crippen LogP contribution in [0, 0.1) is 13.8 Å². The third kappa shape index (κ3) is 4.97. The fraction of sp³-hybridized carbons (Fsp3) is 0.286. The molecule has 0 unspecified atom stereocenters. The summed E-state index contributed by atoms with van der Waals surface area (Å²) in [4.78, 5) is 21.0. The molecule has 0 aliphatic carbocycles. The van der Waals surface area contributed by atoms with Gasteiger partial charge in [0.15, 0.2) is 0 Å². The third-order valence-corrected chi connectivity index (χ3v) is 7.52. The molecule has 0 saturated carbocycles. The SMILES string of the molecule is Cc1ccc(OC2CCN(C(=O)c3ccccc3SCc3cn4ccccc4n3)CC2)cc1C. The van der Waals surface area contributed by atoms with Gasteiger partial charge in [0.25, 0.3) is 5.91 Å². The largest absolute Gasteiger partial charge is 0.490 e. The van der Waals surface area contributed by atoms with Crippen LogP contribution in [0.4, 0.5) is 0 Å². The zero-order chi connectivity index (χ0) is 23.5. The highest BCUT2D eigenvalue weighted by molar-refractivity contribution is 7.98. The van der Waals surface area contributed by atoms with Crippen LogP contribution in [0.5, 0.6) is 5.75 Å². The number of thioether (sulfide) groups is 1. The van der Waals surface area contributed by atoms with Crippen molar-refractivity contribution >= 4 is 23.3 Å². The average molecular weight is 472 g/mol. The number of amides is 1. The Kier molecular flexibility index (Phi) is 6.59. The number of rotatable bonds is 6. The van der Waals surface area contributed by atoms with Crippen LogP contribution in [0.15, 0.2) is 78.0 Å². The number of aryl methyl sites for hydroxylation is 2. The fourth-order valence-electron chi connectivity index (χ4n) is 4.30. The Hall–Kier alpha value is -3.25. The van der Waals surface area contributed by atoms with Crippen LogP contribution >= 0.6 is 11.8 Å². The minimum absolute atomic E-state index is 0.0998. The molecule has 5 rings (SSSR count). The average Bonchev–Trinajstić information content (AvgIpc) is 3.28. The van der Waals surface area contributed by atoms with Gasteiger partial charge in [-0.05, 0) is 61.4 Å². The number of piperidine rings is 1. The molecule has 6 heteroatoms. The molecule has 5 nitrogen and oxygen atoms in total. The van der Waals surface area contributed by atoms with Gasteiger partial charge in [0.2, 0.25) is 0 Å². The first-order valence-corrected chi connectivity index (χ1v) is 12.7. The summed E-state index contributed by atoms with van der Waals surface area (Å²) in [5, 5.41) is 0. The van der Waals surface area contributed by atoms with Crippen molar-refractivity contribution in [2.75, 3.05) is 13.1 Å². The van der Waals surface area contributed by atoms with Gasteiger partial charge in [-0.3, -0.25) is 4.79 Å². The Bertz CT molecular complexity index is 1280. The van der Waals surface area contributed by atoms with Crippen LogP contribution < -0.4 is 4.74 Å². The molecule has 0 N–H and O–H groups in total. The highest BCUT2D eigenvalue weighted by atomic mass is 32.2. The number of aromatic nitrogens is 2. The minimum atomic E-state index is 0.0998. The number of pyridine rings is 1. The Morgan fingerprint density at radius 3 is 2.62 bits per heavy atom. The van der Waals surface area contributed by atoms with Gasteiger partial charge >= 0.3 is 0 Å². The van der Waals surface area contributed by atoms with Crippen molar-refractivity contribution in [3.05, 3.63) is 95.4 Å². The molecule has 0 radical (unpaired) electrons. The lowest BCUT2D eigenvalue weighted by Gasteiger charge is -2.32. The lowest BCUT2D eigenvalue weighted by molar-refractivity contribution is 0.0592. The maximum Gasteiger partial charge on any atom is 0.254 e. The first-order chi connectivity index (χ1) is 16.6. The molecule has 2 aromatic carbocycles. The molecule has 1 amide bonds. The van der Waals surface area contributed by atoms with Crippen LogP contribution in [0.2, 0.25) is 0 Å². The highest BCUT2D eigenvalue weighted by Crippen LogP contribution is 2.28. The monoisotopic (exact) mass is 471 g/mol. The summed E-state index contributed by atoms with van der Waals surface area (Å²) in [5.74, 6) is 1.74. The molecule has 3 heterocycles. The number of benzene rings is 2. The predicted octanol–water partition coefficient (Wildman–Crippen LogP) is 5.93. The number of imidazole rings is 1. The Labute approximate surface area is 204 Å². The van der Waals surface area contributed by atoms with Crippen LogP contribution in [-0.4, -0.2) is 39.4 Å². The van der Waals surface area contributed by atoms with Crippen LogP contribution in [0.1, 0.15) is 40.0 Å². The van der Waals surface area contributed by atoms with E-state index in [0.717, 1.165) is 46.1 Å². The summed E-state index contributed by atoms with van der Waals surface area (Å²) in [7, 11) is 0. The van der Waals surface area contributed by atoms with Crippen LogP contribution in [0.3, 0.4) is 0 Å². The molecule has 1 aliphatic heterocycles. The molecule has 4 aromatic rings. The number of nitrogens with zero attached hydrogens (tertiary/aromatic N) is 3. The molecule has 0 spiro atoms. The third-order valence-electron chi connectivity index (χ3n) is 6.42. The van der Waals surface area contributed by atoms with E-state index in [1.807, 2.05) is 70.2 Å². The Balaban J connectivity index is 1.20. The van der Waals surface area contributed by atoms with Gasteiger partial charge in [-0.1, -0.05) is 24.3 Å².